The molecule has 1 fully saturated rings. The monoisotopic (exact) mass is 375 g/mol. The molecule has 0 unspecified atom stereocenters. The van der Waals surface area contributed by atoms with E-state index in [2.05, 4.69) is 31.9 Å². The van der Waals surface area contributed by atoms with Gasteiger partial charge in [0.05, 0.1) is 11.7 Å². The van der Waals surface area contributed by atoms with Crippen LogP contribution < -0.4 is 0 Å². The smallest absolute Gasteiger partial charge is 0.255 e. The molecule has 3 nitrogen and oxygen atoms in total. The molecule has 5 heteroatoms. The standard InChI is InChI=1S/C13H15Br2NO2/c1-18-10-4-6-16(7-5-10)13(17)11-3-2-9(14)8-12(11)15/h2-3,8,10H,4-7H2,1H3. The number of ether oxygens (including phenoxy) is 1. The Morgan fingerprint density at radius 2 is 2.00 bits per heavy atom. The minimum atomic E-state index is 0.0870. The zero-order valence-electron chi connectivity index (χ0n) is 10.2. The summed E-state index contributed by atoms with van der Waals surface area (Å²) in [6.07, 6.45) is 2.12. The highest BCUT2D eigenvalue weighted by molar-refractivity contribution is 9.11. The molecule has 0 aliphatic carbocycles. The molecular weight excluding hydrogens is 362 g/mol. The average molecular weight is 377 g/mol. The normalized spacial score (nSPS) is 16.9. The maximum atomic E-state index is 12.4. The molecule has 0 N–H and O–H groups in total. The van der Waals surface area contributed by atoms with Gasteiger partial charge in [-0.2, -0.15) is 0 Å². The van der Waals surface area contributed by atoms with Crippen molar-refractivity contribution >= 4 is 37.8 Å². The number of halogens is 2. The van der Waals surface area contributed by atoms with E-state index >= 15 is 0 Å². The van der Waals surface area contributed by atoms with Crippen molar-refractivity contribution in [1.29, 1.82) is 0 Å². The van der Waals surface area contributed by atoms with Crippen LogP contribution in [-0.2, 0) is 4.74 Å². The van der Waals surface area contributed by atoms with E-state index < -0.39 is 0 Å². The number of carbonyl (C=O) groups is 1. The van der Waals surface area contributed by atoms with E-state index in [1.54, 1.807) is 7.11 Å². The van der Waals surface area contributed by atoms with Crippen molar-refractivity contribution in [3.05, 3.63) is 32.7 Å². The highest BCUT2D eigenvalue weighted by Crippen LogP contribution is 2.24. The van der Waals surface area contributed by atoms with Gasteiger partial charge in [0, 0.05) is 29.1 Å². The van der Waals surface area contributed by atoms with E-state index in [0.717, 1.165) is 34.9 Å². The Morgan fingerprint density at radius 3 is 2.56 bits per heavy atom. The molecular formula is C13H15Br2NO2. The number of hydrogen-bond acceptors (Lipinski definition) is 2. The maximum absolute atomic E-state index is 12.4. The number of amides is 1. The van der Waals surface area contributed by atoms with Crippen LogP contribution in [0.2, 0.25) is 0 Å². The van der Waals surface area contributed by atoms with E-state index in [0.29, 0.717) is 11.7 Å². The number of rotatable bonds is 2. The summed E-state index contributed by atoms with van der Waals surface area (Å²) in [7, 11) is 1.73. The van der Waals surface area contributed by atoms with Crippen molar-refractivity contribution in [2.24, 2.45) is 0 Å². The molecule has 0 atom stereocenters. The van der Waals surface area contributed by atoms with Gasteiger partial charge in [-0.15, -0.1) is 0 Å². The van der Waals surface area contributed by atoms with Crippen LogP contribution in [0.1, 0.15) is 23.2 Å². The van der Waals surface area contributed by atoms with Crippen molar-refractivity contribution in [3.8, 4) is 0 Å². The Bertz CT molecular complexity index is 443. The van der Waals surface area contributed by atoms with Gasteiger partial charge < -0.3 is 9.64 Å². The molecule has 0 spiro atoms. The van der Waals surface area contributed by atoms with Gasteiger partial charge in [-0.1, -0.05) is 15.9 Å². The number of piperidine rings is 1. The zero-order valence-corrected chi connectivity index (χ0v) is 13.3. The molecule has 0 radical (unpaired) electrons. The molecule has 0 saturated carbocycles. The van der Waals surface area contributed by atoms with Crippen LogP contribution in [-0.4, -0.2) is 37.1 Å². The first kappa shape index (κ1) is 14.0. The Morgan fingerprint density at radius 1 is 1.33 bits per heavy atom. The van der Waals surface area contributed by atoms with E-state index in [1.807, 2.05) is 23.1 Å². The topological polar surface area (TPSA) is 29.5 Å². The van der Waals surface area contributed by atoms with Gasteiger partial charge in [-0.05, 0) is 47.0 Å². The van der Waals surface area contributed by atoms with Gasteiger partial charge in [-0.3, -0.25) is 4.79 Å². The van der Waals surface area contributed by atoms with Gasteiger partial charge in [0.1, 0.15) is 0 Å². The van der Waals surface area contributed by atoms with E-state index in [1.165, 1.54) is 0 Å². The fourth-order valence-electron chi connectivity index (χ4n) is 2.13. The highest BCUT2D eigenvalue weighted by atomic mass is 79.9. The molecule has 2 rings (SSSR count). The van der Waals surface area contributed by atoms with Gasteiger partial charge >= 0.3 is 0 Å². The Kier molecular flexibility index (Phi) is 4.81. The lowest BCUT2D eigenvalue weighted by Gasteiger charge is -2.31. The molecule has 1 saturated heterocycles. The van der Waals surface area contributed by atoms with Crippen molar-refractivity contribution in [3.63, 3.8) is 0 Å². The second-order valence-electron chi connectivity index (χ2n) is 4.35. The first-order valence-corrected chi connectivity index (χ1v) is 7.47. The SMILES string of the molecule is COC1CCN(C(=O)c2ccc(Br)cc2Br)CC1. The summed E-state index contributed by atoms with van der Waals surface area (Å²) in [5.74, 6) is 0.0870. The van der Waals surface area contributed by atoms with Crippen LogP contribution in [0.5, 0.6) is 0 Å². The van der Waals surface area contributed by atoms with Crippen LogP contribution in [0.25, 0.3) is 0 Å². The summed E-state index contributed by atoms with van der Waals surface area (Å²) >= 11 is 6.82. The number of hydrogen-bond donors (Lipinski definition) is 0. The minimum Gasteiger partial charge on any atom is -0.381 e. The van der Waals surface area contributed by atoms with Gasteiger partial charge in [-0.25, -0.2) is 0 Å². The maximum Gasteiger partial charge on any atom is 0.255 e. The minimum absolute atomic E-state index is 0.0870. The number of benzene rings is 1. The second kappa shape index (κ2) is 6.17. The molecule has 0 aromatic heterocycles. The third kappa shape index (κ3) is 3.13. The molecule has 0 bridgehead atoms. The van der Waals surface area contributed by atoms with Crippen molar-refractivity contribution in [2.75, 3.05) is 20.2 Å². The second-order valence-corrected chi connectivity index (χ2v) is 6.12. The fraction of sp³-hybridized carbons (Fsp3) is 0.462. The third-order valence-electron chi connectivity index (χ3n) is 3.22. The van der Waals surface area contributed by atoms with Gasteiger partial charge in [0.25, 0.3) is 5.91 Å². The lowest BCUT2D eigenvalue weighted by Crippen LogP contribution is -2.40. The first-order valence-electron chi connectivity index (χ1n) is 5.89. The van der Waals surface area contributed by atoms with Crippen LogP contribution >= 0.6 is 31.9 Å². The van der Waals surface area contributed by atoms with Crippen molar-refractivity contribution < 1.29 is 9.53 Å². The van der Waals surface area contributed by atoms with E-state index in [-0.39, 0.29) is 5.91 Å². The number of likely N-dealkylation sites (tertiary alicyclic amines) is 1. The number of nitrogens with zero attached hydrogens (tertiary/aromatic N) is 1. The highest BCUT2D eigenvalue weighted by Gasteiger charge is 2.24. The Balaban J connectivity index is 2.08. The van der Waals surface area contributed by atoms with Gasteiger partial charge in [0.15, 0.2) is 0 Å². The summed E-state index contributed by atoms with van der Waals surface area (Å²) in [5, 5.41) is 0. The Labute approximate surface area is 124 Å². The molecule has 1 amide bonds. The lowest BCUT2D eigenvalue weighted by molar-refractivity contribution is 0.0350. The van der Waals surface area contributed by atoms with Crippen LogP contribution in [0, 0.1) is 0 Å². The zero-order chi connectivity index (χ0) is 13.1. The summed E-state index contributed by atoms with van der Waals surface area (Å²) in [5.41, 5.74) is 0.717. The summed E-state index contributed by atoms with van der Waals surface area (Å²) in [6.45, 7) is 1.53. The molecule has 1 aliphatic rings. The Hall–Kier alpha value is -0.390. The molecule has 98 valence electrons. The largest absolute Gasteiger partial charge is 0.381 e. The van der Waals surface area contributed by atoms with E-state index in [4.69, 9.17) is 4.74 Å². The number of methoxy groups -OCH3 is 1. The summed E-state index contributed by atoms with van der Waals surface area (Å²) in [4.78, 5) is 14.3. The van der Waals surface area contributed by atoms with Crippen molar-refractivity contribution in [1.82, 2.24) is 4.90 Å². The van der Waals surface area contributed by atoms with Gasteiger partial charge in [0.2, 0.25) is 0 Å². The predicted molar refractivity (Wildman–Crippen MR) is 77.8 cm³/mol. The molecule has 1 heterocycles. The predicted octanol–water partition coefficient (Wildman–Crippen LogP) is 3.46. The quantitative estimate of drug-likeness (QED) is 0.790. The lowest BCUT2D eigenvalue weighted by atomic mass is 10.1. The van der Waals surface area contributed by atoms with E-state index in [9.17, 15) is 4.79 Å². The summed E-state index contributed by atoms with van der Waals surface area (Å²) in [6, 6.07) is 5.63. The van der Waals surface area contributed by atoms with Crippen LogP contribution in [0.15, 0.2) is 27.1 Å². The molecule has 1 aliphatic heterocycles. The van der Waals surface area contributed by atoms with Crippen molar-refractivity contribution in [2.45, 2.75) is 18.9 Å². The summed E-state index contributed by atoms with van der Waals surface area (Å²) < 4.78 is 7.10. The fourth-order valence-corrected chi connectivity index (χ4v) is 3.34. The number of carbonyl (C=O) groups excluding carboxylic acids is 1. The average Bonchev–Trinajstić information content (AvgIpc) is 2.38. The van der Waals surface area contributed by atoms with Crippen LogP contribution in [0.3, 0.4) is 0 Å². The molecule has 1 aromatic rings. The van der Waals surface area contributed by atoms with Crippen LogP contribution in [0.4, 0.5) is 0 Å². The molecule has 1 aromatic carbocycles. The first-order chi connectivity index (χ1) is 8.61. The third-order valence-corrected chi connectivity index (χ3v) is 4.37. The molecule has 18 heavy (non-hydrogen) atoms.